The average molecular weight is 294 g/mol. The summed E-state index contributed by atoms with van der Waals surface area (Å²) in [7, 11) is 2.12. The van der Waals surface area contributed by atoms with E-state index in [1.807, 2.05) is 30.3 Å². The highest BCUT2D eigenvalue weighted by Gasteiger charge is 2.23. The van der Waals surface area contributed by atoms with Crippen LogP contribution in [0.2, 0.25) is 0 Å². The van der Waals surface area contributed by atoms with Gasteiger partial charge in [0.2, 0.25) is 11.7 Å². The molecule has 0 atom stereocenters. The number of benzene rings is 1. The average Bonchev–Trinajstić information content (AvgIpc) is 2.93. The summed E-state index contributed by atoms with van der Waals surface area (Å²) in [6.07, 6.45) is 5.66. The monoisotopic (exact) mass is 294 g/mol. The highest BCUT2D eigenvalue weighted by atomic mass is 16.5. The van der Waals surface area contributed by atoms with Crippen molar-refractivity contribution in [3.05, 3.63) is 42.4 Å². The smallest absolute Gasteiger partial charge is 0.241 e. The number of aromatic nitrogens is 3. The fourth-order valence-corrected chi connectivity index (χ4v) is 2.80. The molecule has 3 aromatic rings. The van der Waals surface area contributed by atoms with Gasteiger partial charge in [-0.2, -0.15) is 4.98 Å². The Labute approximate surface area is 129 Å². The van der Waals surface area contributed by atoms with E-state index in [1.165, 1.54) is 19.3 Å². The van der Waals surface area contributed by atoms with Gasteiger partial charge in [-0.3, -0.25) is 9.88 Å². The molecule has 1 fully saturated rings. The molecule has 112 valence electrons. The third-order valence-electron chi connectivity index (χ3n) is 4.40. The number of fused-ring (bicyclic) bond motifs is 1. The van der Waals surface area contributed by atoms with Gasteiger partial charge in [0.15, 0.2) is 0 Å². The maximum atomic E-state index is 5.39. The first kappa shape index (κ1) is 13.4. The summed E-state index contributed by atoms with van der Waals surface area (Å²) < 4.78 is 5.39. The highest BCUT2D eigenvalue weighted by molar-refractivity contribution is 5.82. The standard InChI is InChI=1S/C17H18N4O/c1-21(14-6-4-7-14)11-16-19-17(20-22-16)13-9-12-5-2-3-8-15(12)18-10-13/h2-3,5,8-10,14H,4,6-7,11H2,1H3. The van der Waals surface area contributed by atoms with E-state index in [0.29, 0.717) is 24.3 Å². The molecule has 0 saturated heterocycles. The zero-order chi connectivity index (χ0) is 14.9. The van der Waals surface area contributed by atoms with Crippen LogP contribution < -0.4 is 0 Å². The Morgan fingerprint density at radius 1 is 1.27 bits per heavy atom. The second-order valence-corrected chi connectivity index (χ2v) is 5.93. The van der Waals surface area contributed by atoms with Gasteiger partial charge in [-0.15, -0.1) is 0 Å². The van der Waals surface area contributed by atoms with Gasteiger partial charge in [0.25, 0.3) is 0 Å². The summed E-state index contributed by atoms with van der Waals surface area (Å²) in [5, 5.41) is 5.18. The Hall–Kier alpha value is -2.27. The second kappa shape index (κ2) is 5.50. The molecule has 1 aliphatic rings. The summed E-state index contributed by atoms with van der Waals surface area (Å²) in [5.74, 6) is 1.27. The number of rotatable bonds is 4. The minimum absolute atomic E-state index is 0.607. The molecule has 0 unspecified atom stereocenters. The summed E-state index contributed by atoms with van der Waals surface area (Å²) in [4.78, 5) is 11.2. The predicted molar refractivity (Wildman–Crippen MR) is 84.1 cm³/mol. The Balaban J connectivity index is 1.56. The lowest BCUT2D eigenvalue weighted by Gasteiger charge is -2.33. The predicted octanol–water partition coefficient (Wildman–Crippen LogP) is 3.27. The van der Waals surface area contributed by atoms with E-state index >= 15 is 0 Å². The molecular formula is C17H18N4O. The van der Waals surface area contributed by atoms with Crippen molar-refractivity contribution in [2.75, 3.05) is 7.05 Å². The fraction of sp³-hybridized carbons (Fsp3) is 0.353. The van der Waals surface area contributed by atoms with Crippen molar-refractivity contribution in [2.45, 2.75) is 31.8 Å². The summed E-state index contributed by atoms with van der Waals surface area (Å²) in [5.41, 5.74) is 1.86. The quantitative estimate of drug-likeness (QED) is 0.739. The molecule has 0 radical (unpaired) electrons. The van der Waals surface area contributed by atoms with Crippen LogP contribution in [-0.4, -0.2) is 33.1 Å². The molecule has 5 heteroatoms. The number of hydrogen-bond donors (Lipinski definition) is 0. The van der Waals surface area contributed by atoms with Crippen molar-refractivity contribution in [3.63, 3.8) is 0 Å². The molecule has 1 saturated carbocycles. The normalized spacial score (nSPS) is 15.4. The molecule has 4 rings (SSSR count). The maximum Gasteiger partial charge on any atom is 0.241 e. The Morgan fingerprint density at radius 3 is 2.95 bits per heavy atom. The van der Waals surface area contributed by atoms with E-state index in [0.717, 1.165) is 16.5 Å². The molecular weight excluding hydrogens is 276 g/mol. The van der Waals surface area contributed by atoms with Crippen LogP contribution in [0, 0.1) is 0 Å². The van der Waals surface area contributed by atoms with Crippen molar-refractivity contribution in [3.8, 4) is 11.4 Å². The van der Waals surface area contributed by atoms with Crippen molar-refractivity contribution in [2.24, 2.45) is 0 Å². The van der Waals surface area contributed by atoms with Gasteiger partial charge in [0.05, 0.1) is 12.1 Å². The lowest BCUT2D eigenvalue weighted by molar-refractivity contribution is 0.137. The van der Waals surface area contributed by atoms with Crippen LogP contribution in [0.25, 0.3) is 22.3 Å². The number of nitrogens with zero attached hydrogens (tertiary/aromatic N) is 4. The first-order valence-electron chi connectivity index (χ1n) is 7.67. The van der Waals surface area contributed by atoms with Crippen LogP contribution in [-0.2, 0) is 6.54 Å². The van der Waals surface area contributed by atoms with Gasteiger partial charge in [0, 0.05) is 23.2 Å². The van der Waals surface area contributed by atoms with Crippen LogP contribution in [0.1, 0.15) is 25.2 Å². The zero-order valence-electron chi connectivity index (χ0n) is 12.6. The number of para-hydroxylation sites is 1. The van der Waals surface area contributed by atoms with E-state index < -0.39 is 0 Å². The Morgan fingerprint density at radius 2 is 2.14 bits per heavy atom. The van der Waals surface area contributed by atoms with Crippen molar-refractivity contribution < 1.29 is 4.52 Å². The van der Waals surface area contributed by atoms with Crippen molar-refractivity contribution in [1.29, 1.82) is 0 Å². The summed E-state index contributed by atoms with van der Waals surface area (Å²) in [6, 6.07) is 10.7. The van der Waals surface area contributed by atoms with Crippen LogP contribution in [0.3, 0.4) is 0 Å². The SMILES string of the molecule is CN(Cc1nc(-c2cnc3ccccc3c2)no1)C1CCC1. The van der Waals surface area contributed by atoms with Gasteiger partial charge in [-0.25, -0.2) is 0 Å². The van der Waals surface area contributed by atoms with Gasteiger partial charge in [-0.05, 0) is 32.0 Å². The third kappa shape index (κ3) is 2.48. The summed E-state index contributed by atoms with van der Waals surface area (Å²) in [6.45, 7) is 0.707. The topological polar surface area (TPSA) is 55.1 Å². The number of hydrogen-bond acceptors (Lipinski definition) is 5. The summed E-state index contributed by atoms with van der Waals surface area (Å²) >= 11 is 0. The highest BCUT2D eigenvalue weighted by Crippen LogP contribution is 2.25. The minimum atomic E-state index is 0.607. The first-order valence-corrected chi connectivity index (χ1v) is 7.67. The van der Waals surface area contributed by atoms with E-state index in [2.05, 4.69) is 27.1 Å². The van der Waals surface area contributed by atoms with Crippen LogP contribution in [0.4, 0.5) is 0 Å². The van der Waals surface area contributed by atoms with E-state index in [1.54, 1.807) is 6.20 Å². The van der Waals surface area contributed by atoms with Crippen molar-refractivity contribution >= 4 is 10.9 Å². The first-order chi connectivity index (χ1) is 10.8. The maximum absolute atomic E-state index is 5.39. The fourth-order valence-electron chi connectivity index (χ4n) is 2.80. The van der Waals surface area contributed by atoms with Crippen LogP contribution in [0.5, 0.6) is 0 Å². The molecule has 0 amide bonds. The molecule has 5 nitrogen and oxygen atoms in total. The molecule has 22 heavy (non-hydrogen) atoms. The lowest BCUT2D eigenvalue weighted by Crippen LogP contribution is -2.36. The van der Waals surface area contributed by atoms with Gasteiger partial charge < -0.3 is 4.52 Å². The van der Waals surface area contributed by atoms with E-state index in [9.17, 15) is 0 Å². The molecule has 0 N–H and O–H groups in total. The van der Waals surface area contributed by atoms with E-state index in [-0.39, 0.29) is 0 Å². The van der Waals surface area contributed by atoms with E-state index in [4.69, 9.17) is 4.52 Å². The number of pyridine rings is 1. The molecule has 2 aromatic heterocycles. The van der Waals surface area contributed by atoms with Crippen LogP contribution in [0.15, 0.2) is 41.1 Å². The Kier molecular flexibility index (Phi) is 3.35. The molecule has 0 spiro atoms. The molecule has 0 bridgehead atoms. The van der Waals surface area contributed by atoms with Gasteiger partial charge in [-0.1, -0.05) is 29.8 Å². The zero-order valence-corrected chi connectivity index (χ0v) is 12.6. The molecule has 1 aliphatic carbocycles. The van der Waals surface area contributed by atoms with Gasteiger partial charge >= 0.3 is 0 Å². The lowest BCUT2D eigenvalue weighted by atomic mass is 9.92. The largest absolute Gasteiger partial charge is 0.338 e. The van der Waals surface area contributed by atoms with Crippen LogP contribution >= 0.6 is 0 Å². The molecule has 2 heterocycles. The minimum Gasteiger partial charge on any atom is -0.338 e. The molecule has 1 aromatic carbocycles. The van der Waals surface area contributed by atoms with Crippen molar-refractivity contribution in [1.82, 2.24) is 20.0 Å². The third-order valence-corrected chi connectivity index (χ3v) is 4.40. The van der Waals surface area contributed by atoms with Gasteiger partial charge in [0.1, 0.15) is 0 Å². The molecule has 0 aliphatic heterocycles. The second-order valence-electron chi connectivity index (χ2n) is 5.93. The Bertz CT molecular complexity index is 794.